The number of esters is 1. The number of nitro groups is 2. The number of rotatable bonds is 7. The fraction of sp³-hybridized carbons (Fsp3) is 0. The molecule has 2 N–H and O–H groups in total. The van der Waals surface area contributed by atoms with E-state index in [1.54, 1.807) is 18.2 Å². The molecule has 0 aliphatic rings. The first-order valence-electron chi connectivity index (χ1n) is 9.12. The number of non-ortho nitro benzene ring substituents is 2. The summed E-state index contributed by atoms with van der Waals surface area (Å²) in [6.07, 6.45) is 1.26. The van der Waals surface area contributed by atoms with E-state index in [2.05, 4.69) is 10.5 Å². The molecule has 3 aromatic carbocycles. The Labute approximate surface area is 185 Å². The summed E-state index contributed by atoms with van der Waals surface area (Å²) in [5.74, 6) is -1.85. The second kappa shape index (κ2) is 9.78. The van der Waals surface area contributed by atoms with Crippen molar-refractivity contribution in [2.75, 3.05) is 0 Å². The van der Waals surface area contributed by atoms with Crippen molar-refractivity contribution in [1.82, 2.24) is 5.43 Å². The van der Waals surface area contributed by atoms with Gasteiger partial charge in [-0.15, -0.1) is 0 Å². The van der Waals surface area contributed by atoms with Gasteiger partial charge in [-0.1, -0.05) is 24.3 Å². The number of para-hydroxylation sites is 1. The molecule has 0 unspecified atom stereocenters. The van der Waals surface area contributed by atoms with E-state index in [1.807, 2.05) is 0 Å². The molecular formula is C21H14N4O8. The highest BCUT2D eigenvalue weighted by atomic mass is 16.6. The number of nitrogens with one attached hydrogen (secondary N) is 1. The van der Waals surface area contributed by atoms with Gasteiger partial charge in [0, 0.05) is 12.1 Å². The Balaban J connectivity index is 1.72. The van der Waals surface area contributed by atoms with Crippen LogP contribution in [0.4, 0.5) is 11.4 Å². The monoisotopic (exact) mass is 450 g/mol. The van der Waals surface area contributed by atoms with Crippen molar-refractivity contribution in [2.45, 2.75) is 0 Å². The van der Waals surface area contributed by atoms with Crippen molar-refractivity contribution in [3.63, 3.8) is 0 Å². The molecule has 3 aromatic rings. The maximum atomic E-state index is 12.4. The number of benzene rings is 3. The summed E-state index contributed by atoms with van der Waals surface area (Å²) in [5.41, 5.74) is 1.07. The molecule has 0 radical (unpaired) electrons. The maximum Gasteiger partial charge on any atom is 0.344 e. The molecule has 0 aromatic heterocycles. The second-order valence-corrected chi connectivity index (χ2v) is 6.43. The van der Waals surface area contributed by atoms with Crippen molar-refractivity contribution in [3.8, 4) is 11.5 Å². The Morgan fingerprint density at radius 3 is 2.24 bits per heavy atom. The summed E-state index contributed by atoms with van der Waals surface area (Å²) in [6, 6.07) is 14.3. The van der Waals surface area contributed by atoms with Crippen LogP contribution in [0.3, 0.4) is 0 Å². The van der Waals surface area contributed by atoms with Gasteiger partial charge >= 0.3 is 5.97 Å². The van der Waals surface area contributed by atoms with Gasteiger partial charge in [0.25, 0.3) is 17.3 Å². The molecule has 0 aliphatic carbocycles. The molecule has 0 saturated carbocycles. The van der Waals surface area contributed by atoms with Gasteiger partial charge in [-0.2, -0.15) is 5.10 Å². The van der Waals surface area contributed by atoms with Gasteiger partial charge in [0.05, 0.1) is 33.3 Å². The zero-order chi connectivity index (χ0) is 24.0. The standard InChI is InChI=1S/C21H14N4O8/c26-19-7-2-1-6-18(19)20(27)23-22-12-13-4-3-5-17(8-13)33-21(28)14-9-15(24(29)30)11-16(10-14)25(31)32/h1-12,26H,(H,23,27). The van der Waals surface area contributed by atoms with Crippen LogP contribution in [-0.2, 0) is 0 Å². The molecule has 0 bridgehead atoms. The number of aromatic hydroxyl groups is 1. The Morgan fingerprint density at radius 2 is 1.61 bits per heavy atom. The molecule has 12 heteroatoms. The number of carbonyl (C=O) groups excluding carboxylic acids is 2. The minimum atomic E-state index is -1.04. The maximum absolute atomic E-state index is 12.4. The van der Waals surface area contributed by atoms with Crippen LogP contribution in [0.2, 0.25) is 0 Å². The largest absolute Gasteiger partial charge is 0.507 e. The van der Waals surface area contributed by atoms with Crippen LogP contribution in [0.1, 0.15) is 26.3 Å². The zero-order valence-corrected chi connectivity index (χ0v) is 16.6. The lowest BCUT2D eigenvalue weighted by molar-refractivity contribution is -0.394. The van der Waals surface area contributed by atoms with Crippen LogP contribution < -0.4 is 10.2 Å². The lowest BCUT2D eigenvalue weighted by Gasteiger charge is -2.05. The van der Waals surface area contributed by atoms with Crippen LogP contribution in [0.25, 0.3) is 0 Å². The molecule has 1 amide bonds. The first-order valence-corrected chi connectivity index (χ1v) is 9.12. The number of phenolic OH excluding ortho intramolecular Hbond substituents is 1. The molecule has 166 valence electrons. The summed E-state index contributed by atoms with van der Waals surface area (Å²) in [6.45, 7) is 0. The molecule has 0 aliphatic heterocycles. The van der Waals surface area contributed by atoms with Gasteiger partial charge in [-0.05, 0) is 29.8 Å². The first kappa shape index (κ1) is 22.6. The number of nitro benzene ring substituents is 2. The van der Waals surface area contributed by atoms with Crippen LogP contribution >= 0.6 is 0 Å². The van der Waals surface area contributed by atoms with Gasteiger partial charge in [0.1, 0.15) is 11.5 Å². The number of phenols is 1. The lowest BCUT2D eigenvalue weighted by atomic mass is 10.1. The van der Waals surface area contributed by atoms with E-state index < -0.39 is 33.1 Å². The van der Waals surface area contributed by atoms with E-state index >= 15 is 0 Å². The normalized spacial score (nSPS) is 10.5. The van der Waals surface area contributed by atoms with Crippen molar-refractivity contribution in [2.24, 2.45) is 5.10 Å². The smallest absolute Gasteiger partial charge is 0.344 e. The van der Waals surface area contributed by atoms with E-state index in [0.717, 1.165) is 18.2 Å². The third-order valence-electron chi connectivity index (χ3n) is 4.16. The second-order valence-electron chi connectivity index (χ2n) is 6.43. The van der Waals surface area contributed by atoms with E-state index in [1.165, 1.54) is 36.5 Å². The number of hydrogen-bond donors (Lipinski definition) is 2. The SMILES string of the molecule is O=C(Oc1cccc(C=NNC(=O)c2ccccc2O)c1)c1cc([N+](=O)[O-])cc([N+](=O)[O-])c1. The van der Waals surface area contributed by atoms with Crippen LogP contribution in [0, 0.1) is 20.2 Å². The number of amides is 1. The summed E-state index contributed by atoms with van der Waals surface area (Å²) in [4.78, 5) is 44.7. The van der Waals surface area contributed by atoms with Crippen molar-refractivity contribution < 1.29 is 29.3 Å². The number of nitrogens with zero attached hydrogens (tertiary/aromatic N) is 3. The molecule has 3 rings (SSSR count). The van der Waals surface area contributed by atoms with Crippen LogP contribution in [-0.4, -0.2) is 33.0 Å². The Hall–Kier alpha value is -5.13. The van der Waals surface area contributed by atoms with Crippen molar-refractivity contribution in [3.05, 3.63) is 104 Å². The highest BCUT2D eigenvalue weighted by Crippen LogP contribution is 2.24. The summed E-state index contributed by atoms with van der Waals surface area (Å²) < 4.78 is 5.16. The zero-order valence-electron chi connectivity index (χ0n) is 16.6. The molecular weight excluding hydrogens is 436 g/mol. The molecule has 0 atom stereocenters. The molecule has 33 heavy (non-hydrogen) atoms. The summed E-state index contributed by atoms with van der Waals surface area (Å²) in [5, 5.41) is 35.4. The summed E-state index contributed by atoms with van der Waals surface area (Å²) >= 11 is 0. The third kappa shape index (κ3) is 5.73. The Kier molecular flexibility index (Phi) is 6.69. The van der Waals surface area contributed by atoms with Crippen molar-refractivity contribution in [1.29, 1.82) is 0 Å². The lowest BCUT2D eigenvalue weighted by Crippen LogP contribution is -2.17. The third-order valence-corrected chi connectivity index (χ3v) is 4.16. The molecule has 0 fully saturated rings. The minimum absolute atomic E-state index is 0.0309. The van der Waals surface area contributed by atoms with E-state index in [4.69, 9.17) is 4.74 Å². The Morgan fingerprint density at radius 1 is 0.939 bits per heavy atom. The molecule has 0 heterocycles. The minimum Gasteiger partial charge on any atom is -0.507 e. The van der Waals surface area contributed by atoms with Gasteiger partial charge in [0.15, 0.2) is 0 Å². The fourth-order valence-corrected chi connectivity index (χ4v) is 2.64. The number of hydrazone groups is 1. The van der Waals surface area contributed by atoms with E-state index in [0.29, 0.717) is 5.56 Å². The molecule has 0 saturated heterocycles. The van der Waals surface area contributed by atoms with Gasteiger partial charge < -0.3 is 9.84 Å². The highest BCUT2D eigenvalue weighted by molar-refractivity contribution is 5.97. The fourth-order valence-electron chi connectivity index (χ4n) is 2.64. The molecule has 12 nitrogen and oxygen atoms in total. The van der Waals surface area contributed by atoms with Crippen molar-refractivity contribution >= 4 is 29.5 Å². The van der Waals surface area contributed by atoms with Gasteiger partial charge in [0.2, 0.25) is 0 Å². The highest BCUT2D eigenvalue weighted by Gasteiger charge is 2.21. The average molecular weight is 450 g/mol. The molecule has 0 spiro atoms. The number of hydrogen-bond acceptors (Lipinski definition) is 9. The predicted molar refractivity (Wildman–Crippen MR) is 114 cm³/mol. The van der Waals surface area contributed by atoms with Gasteiger partial charge in [-0.3, -0.25) is 25.0 Å². The van der Waals surface area contributed by atoms with Gasteiger partial charge in [-0.25, -0.2) is 10.2 Å². The number of carbonyl (C=O) groups is 2. The predicted octanol–water partition coefficient (Wildman–Crippen LogP) is 3.19. The first-order chi connectivity index (χ1) is 15.7. The average Bonchev–Trinajstić information content (AvgIpc) is 2.79. The topological polar surface area (TPSA) is 174 Å². The number of ether oxygens (including phenoxy) is 1. The van der Waals surface area contributed by atoms with Crippen LogP contribution in [0.5, 0.6) is 11.5 Å². The van der Waals surface area contributed by atoms with Crippen LogP contribution in [0.15, 0.2) is 71.8 Å². The Bertz CT molecular complexity index is 1260. The van der Waals surface area contributed by atoms with E-state index in [9.17, 15) is 34.9 Å². The van der Waals surface area contributed by atoms with E-state index in [-0.39, 0.29) is 22.6 Å². The quantitative estimate of drug-likeness (QED) is 0.181. The summed E-state index contributed by atoms with van der Waals surface area (Å²) in [7, 11) is 0.